The lowest BCUT2D eigenvalue weighted by Crippen LogP contribution is -2.16. The highest BCUT2D eigenvalue weighted by atomic mass is 35.5. The van der Waals surface area contributed by atoms with Gasteiger partial charge in [0.25, 0.3) is 15.9 Å². The molecule has 2 aromatic heterocycles. The molecular weight excluding hydrogens is 440 g/mol. The van der Waals surface area contributed by atoms with Gasteiger partial charge >= 0.3 is 0 Å². The van der Waals surface area contributed by atoms with E-state index in [2.05, 4.69) is 9.88 Å². The molecule has 11 heteroatoms. The van der Waals surface area contributed by atoms with Gasteiger partial charge in [0.2, 0.25) is 6.77 Å². The van der Waals surface area contributed by atoms with Crippen LogP contribution in [-0.4, -0.2) is 26.1 Å². The zero-order valence-electron chi connectivity index (χ0n) is 20.5. The van der Waals surface area contributed by atoms with E-state index >= 15 is 0 Å². The van der Waals surface area contributed by atoms with Crippen molar-refractivity contribution < 1.29 is 35.4 Å². The number of nitrogens with zero attached hydrogens (tertiary/aromatic N) is 1. The van der Waals surface area contributed by atoms with E-state index in [-0.39, 0.29) is 28.1 Å². The van der Waals surface area contributed by atoms with Crippen LogP contribution >= 0.6 is 22.9 Å². The number of hydrogen-bond acceptors (Lipinski definition) is 8. The van der Waals surface area contributed by atoms with Gasteiger partial charge in [0.05, 0.1) is 4.88 Å². The first-order valence-corrected chi connectivity index (χ1v) is 10.6. The molecule has 0 saturated heterocycles. The Balaban J connectivity index is 1.77. The zero-order valence-corrected chi connectivity index (χ0v) is 16.9. The number of thiophene rings is 1. The van der Waals surface area contributed by atoms with Gasteiger partial charge in [0.15, 0.2) is 17.3 Å². The molecule has 0 bridgehead atoms. The molecule has 29 heavy (non-hydrogen) atoms. The summed E-state index contributed by atoms with van der Waals surface area (Å²) < 4.78 is 90.9. The summed E-state index contributed by atoms with van der Waals surface area (Å²) in [4.78, 5) is 12.3. The van der Waals surface area contributed by atoms with Crippen LogP contribution in [0.25, 0.3) is 0 Å². The number of carbonyl (C=O) groups excluding carboxylic acids is 1. The van der Waals surface area contributed by atoms with E-state index < -0.39 is 56.7 Å². The molecule has 0 radical (unpaired) electrons. The van der Waals surface area contributed by atoms with Gasteiger partial charge in [0.1, 0.15) is 17.0 Å². The third kappa shape index (κ3) is 3.70. The number of benzene rings is 1. The van der Waals surface area contributed by atoms with Gasteiger partial charge in [0, 0.05) is 13.2 Å². The van der Waals surface area contributed by atoms with Crippen molar-refractivity contribution in [2.45, 2.75) is 25.0 Å². The number of nitrogens with one attached hydrogen (secondary N) is 1. The SMILES string of the molecule is [2H]C1Oc2cc(C([2H])([2H])[2H])c(C([2H])([2H])C(=O)c3sccc3S(=O)(=O)Nc3onc(C)c3Cl)cc2O1. The molecule has 152 valence electrons. The summed E-state index contributed by atoms with van der Waals surface area (Å²) in [6.45, 7) is -2.87. The topological polar surface area (TPSA) is 108 Å². The first-order chi connectivity index (χ1) is 16.1. The predicted octanol–water partition coefficient (Wildman–Crippen LogP) is 3.96. The highest BCUT2D eigenvalue weighted by Crippen LogP contribution is 2.36. The molecule has 1 aliphatic rings. The number of fused-ring (bicyclic) bond motifs is 1. The van der Waals surface area contributed by atoms with Gasteiger partial charge in [-0.05, 0) is 48.5 Å². The van der Waals surface area contributed by atoms with Crippen molar-refractivity contribution in [1.82, 2.24) is 5.16 Å². The largest absolute Gasteiger partial charge is 0.454 e. The predicted molar refractivity (Wildman–Crippen MR) is 107 cm³/mol. The third-order valence-corrected chi connectivity index (χ3v) is 6.69. The molecule has 3 heterocycles. The molecule has 1 unspecified atom stereocenters. The van der Waals surface area contributed by atoms with E-state index in [0.29, 0.717) is 11.3 Å². The van der Waals surface area contributed by atoms with Crippen LogP contribution in [0.3, 0.4) is 0 Å². The molecule has 0 aliphatic carbocycles. The monoisotopic (exact) mass is 460 g/mol. The maximum Gasteiger partial charge on any atom is 0.265 e. The summed E-state index contributed by atoms with van der Waals surface area (Å²) >= 11 is 6.60. The Morgan fingerprint density at radius 1 is 1.45 bits per heavy atom. The van der Waals surface area contributed by atoms with Crippen molar-refractivity contribution in [3.05, 3.63) is 50.3 Å². The van der Waals surface area contributed by atoms with Crippen LogP contribution in [0.4, 0.5) is 5.88 Å². The van der Waals surface area contributed by atoms with E-state index in [1.165, 1.54) is 12.3 Å². The summed E-state index contributed by atoms with van der Waals surface area (Å²) in [7, 11) is -4.48. The fraction of sp³-hybridized carbons (Fsp3) is 0.222. The smallest absolute Gasteiger partial charge is 0.265 e. The average Bonchev–Trinajstić information content (AvgIpc) is 3.46. The zero-order chi connectivity index (χ0) is 25.9. The molecule has 1 aliphatic heterocycles. The fourth-order valence-electron chi connectivity index (χ4n) is 2.43. The van der Waals surface area contributed by atoms with Crippen molar-refractivity contribution in [1.29, 1.82) is 0 Å². The highest BCUT2D eigenvalue weighted by molar-refractivity contribution is 7.93. The number of aromatic nitrogens is 1. The van der Waals surface area contributed by atoms with Crippen molar-refractivity contribution in [2.24, 2.45) is 0 Å². The van der Waals surface area contributed by atoms with Crippen molar-refractivity contribution in [3.8, 4) is 11.5 Å². The summed E-state index contributed by atoms with van der Waals surface area (Å²) in [5, 5.41) is 4.71. The van der Waals surface area contributed by atoms with Crippen LogP contribution in [0.15, 0.2) is 33.0 Å². The molecule has 4 rings (SSSR count). The highest BCUT2D eigenvalue weighted by Gasteiger charge is 2.27. The minimum absolute atomic E-state index is 0.0917. The second-order valence-electron chi connectivity index (χ2n) is 5.76. The molecule has 1 aromatic carbocycles. The van der Waals surface area contributed by atoms with E-state index in [9.17, 15) is 13.2 Å². The van der Waals surface area contributed by atoms with Gasteiger partial charge in [-0.15, -0.1) is 11.3 Å². The van der Waals surface area contributed by atoms with E-state index in [4.69, 9.17) is 33.8 Å². The number of ether oxygens (including phenoxy) is 2. The van der Waals surface area contributed by atoms with Gasteiger partial charge in [-0.3, -0.25) is 4.79 Å². The van der Waals surface area contributed by atoms with Crippen molar-refractivity contribution >= 4 is 44.6 Å². The standard InChI is InChI=1S/C18H15ClN2O6S2/c1-9-5-13-14(26-8-25-13)7-11(9)6-12(22)17-15(3-4-28-17)29(23,24)21-18-16(19)10(2)20-27-18/h3-5,7,21H,6,8H2,1-2H3/i1D3,6D2,8D. The number of carbonyl (C=O) groups is 1. The van der Waals surface area contributed by atoms with E-state index in [0.717, 1.165) is 18.2 Å². The summed E-state index contributed by atoms with van der Waals surface area (Å²) in [5.41, 5.74) is -0.898. The van der Waals surface area contributed by atoms with Crippen molar-refractivity contribution in [2.75, 3.05) is 11.5 Å². The molecule has 0 fully saturated rings. The number of sulfonamides is 1. The Hall–Kier alpha value is -2.56. The molecule has 3 aromatic rings. The quantitative estimate of drug-likeness (QED) is 0.554. The van der Waals surface area contributed by atoms with Crippen LogP contribution in [-0.2, 0) is 16.4 Å². The van der Waals surface area contributed by atoms with Gasteiger partial charge in [-0.1, -0.05) is 16.8 Å². The van der Waals surface area contributed by atoms with Gasteiger partial charge < -0.3 is 14.0 Å². The number of rotatable bonds is 6. The Morgan fingerprint density at radius 2 is 2.21 bits per heavy atom. The van der Waals surface area contributed by atoms with Crippen LogP contribution in [0.5, 0.6) is 11.5 Å². The fourth-order valence-corrected chi connectivity index (χ4v) is 4.92. The average molecular weight is 461 g/mol. The first kappa shape index (κ1) is 13.6. The Labute approximate surface area is 183 Å². The maximum absolute atomic E-state index is 13.4. The summed E-state index contributed by atoms with van der Waals surface area (Å²) in [6.07, 6.45) is -3.00. The Morgan fingerprint density at radius 3 is 2.90 bits per heavy atom. The lowest BCUT2D eigenvalue weighted by Gasteiger charge is -2.09. The normalized spacial score (nSPS) is 19.4. The van der Waals surface area contributed by atoms with Crippen LogP contribution in [0.1, 0.15) is 34.7 Å². The molecule has 0 spiro atoms. The second-order valence-corrected chi connectivity index (χ2v) is 8.71. The van der Waals surface area contributed by atoms with Crippen LogP contribution in [0.2, 0.25) is 5.02 Å². The number of aryl methyl sites for hydroxylation is 2. The summed E-state index contributed by atoms with van der Waals surface area (Å²) in [5.74, 6) is -1.91. The van der Waals surface area contributed by atoms with Gasteiger partial charge in [-0.2, -0.15) is 0 Å². The molecule has 1 N–H and O–H groups in total. The first-order valence-electron chi connectivity index (χ1n) is 10.9. The van der Waals surface area contributed by atoms with E-state index in [1.807, 2.05) is 0 Å². The second kappa shape index (κ2) is 7.36. The number of ketones is 1. The number of hydrogen-bond donors (Lipinski definition) is 1. The Bertz CT molecular complexity index is 1440. The third-order valence-electron chi connectivity index (χ3n) is 3.83. The van der Waals surface area contributed by atoms with Crippen LogP contribution < -0.4 is 14.2 Å². The minimum atomic E-state index is -4.48. The molecule has 8 nitrogen and oxygen atoms in total. The van der Waals surface area contributed by atoms with Crippen LogP contribution in [0, 0.1) is 13.8 Å². The van der Waals surface area contributed by atoms with E-state index in [1.54, 1.807) is 0 Å². The number of Topliss-reactive ketones (excluding diaryl/α,β-unsaturated/α-hetero) is 1. The summed E-state index contributed by atoms with van der Waals surface area (Å²) in [6, 6.07) is 3.04. The lowest BCUT2D eigenvalue weighted by atomic mass is 10.0. The minimum Gasteiger partial charge on any atom is -0.454 e. The number of halogens is 1. The Kier molecular flexibility index (Phi) is 3.46. The van der Waals surface area contributed by atoms with Crippen molar-refractivity contribution in [3.63, 3.8) is 0 Å². The molecular formula is C18H15ClN2O6S2. The molecule has 0 amide bonds. The molecule has 0 saturated carbocycles. The maximum atomic E-state index is 13.4. The number of anilines is 1. The lowest BCUT2D eigenvalue weighted by molar-refractivity contribution is 0.0994. The molecule has 1 atom stereocenters. The van der Waals surface area contributed by atoms with Gasteiger partial charge in [-0.25, -0.2) is 13.1 Å².